The molecule has 7 heteroatoms. The van der Waals surface area contributed by atoms with E-state index in [1.165, 1.54) is 0 Å². The molecular formula is C16H25ClN2O3S. The molecular weight excluding hydrogens is 336 g/mol. The number of carbonyl (C=O) groups is 1. The fraction of sp³-hybridized carbons (Fsp3) is 0.562. The van der Waals surface area contributed by atoms with Crippen molar-refractivity contribution in [2.75, 3.05) is 25.1 Å². The highest BCUT2D eigenvalue weighted by Crippen LogP contribution is 2.18. The summed E-state index contributed by atoms with van der Waals surface area (Å²) in [6, 6.07) is 7.20. The highest BCUT2D eigenvalue weighted by molar-refractivity contribution is 7.85. The Bertz CT molecular complexity index is 555. The molecule has 2 unspecified atom stereocenters. The summed E-state index contributed by atoms with van der Waals surface area (Å²) in [6.45, 7) is 7.59. The van der Waals surface area contributed by atoms with Gasteiger partial charge in [-0.05, 0) is 38.5 Å². The van der Waals surface area contributed by atoms with Crippen LogP contribution < -0.4 is 10.6 Å². The second kappa shape index (κ2) is 8.78. The first-order valence-electron chi connectivity index (χ1n) is 7.46. The molecule has 0 radical (unpaired) electrons. The second-order valence-electron chi connectivity index (χ2n) is 6.37. The molecule has 2 atom stereocenters. The van der Waals surface area contributed by atoms with Crippen LogP contribution in [0, 0.1) is 0 Å². The fourth-order valence-corrected chi connectivity index (χ4v) is 2.99. The average molecular weight is 361 g/mol. The zero-order valence-corrected chi connectivity index (χ0v) is 15.4. The average Bonchev–Trinajstić information content (AvgIpc) is 2.47. The van der Waals surface area contributed by atoms with Crippen LogP contribution in [0.5, 0.6) is 0 Å². The van der Waals surface area contributed by atoms with E-state index in [-0.39, 0.29) is 29.1 Å². The van der Waals surface area contributed by atoms with Crippen molar-refractivity contribution in [1.82, 2.24) is 5.32 Å². The maximum Gasteiger partial charge on any atom is 0.243 e. The third kappa shape index (κ3) is 6.22. The number of halogens is 1. The Balaban J connectivity index is 0.00000264. The number of rotatable bonds is 4. The van der Waals surface area contributed by atoms with Crippen LogP contribution in [-0.2, 0) is 26.1 Å². The van der Waals surface area contributed by atoms with Gasteiger partial charge in [-0.25, -0.2) is 0 Å². The molecule has 1 heterocycles. The van der Waals surface area contributed by atoms with E-state index in [4.69, 9.17) is 4.74 Å². The SMILES string of the molecule is CC(C)(C)S(=O)Cc1cccc(NC(=O)C2COCCN2)c1.Cl. The molecule has 1 amide bonds. The Labute approximate surface area is 146 Å². The van der Waals surface area contributed by atoms with Gasteiger partial charge in [-0.2, -0.15) is 0 Å². The van der Waals surface area contributed by atoms with E-state index >= 15 is 0 Å². The molecule has 0 spiro atoms. The van der Waals surface area contributed by atoms with Gasteiger partial charge in [0, 0.05) is 33.5 Å². The highest BCUT2D eigenvalue weighted by Gasteiger charge is 2.22. The number of benzene rings is 1. The number of carbonyl (C=O) groups excluding carboxylic acids is 1. The first-order valence-corrected chi connectivity index (χ1v) is 8.77. The zero-order valence-electron chi connectivity index (χ0n) is 13.8. The number of anilines is 1. The molecule has 2 N–H and O–H groups in total. The Morgan fingerprint density at radius 3 is 2.78 bits per heavy atom. The number of morpholine rings is 1. The molecule has 0 bridgehead atoms. The van der Waals surface area contributed by atoms with Gasteiger partial charge in [0.15, 0.2) is 0 Å². The Hall–Kier alpha value is -0.950. The lowest BCUT2D eigenvalue weighted by Gasteiger charge is -2.23. The van der Waals surface area contributed by atoms with Crippen molar-refractivity contribution in [2.45, 2.75) is 37.3 Å². The van der Waals surface area contributed by atoms with Crippen molar-refractivity contribution in [2.24, 2.45) is 0 Å². The van der Waals surface area contributed by atoms with Gasteiger partial charge in [0.2, 0.25) is 5.91 Å². The van der Waals surface area contributed by atoms with E-state index in [9.17, 15) is 9.00 Å². The number of ether oxygens (including phenoxy) is 1. The van der Waals surface area contributed by atoms with Crippen molar-refractivity contribution >= 4 is 34.8 Å². The minimum absolute atomic E-state index is 0. The molecule has 2 rings (SSSR count). The minimum Gasteiger partial charge on any atom is -0.378 e. The molecule has 0 saturated carbocycles. The summed E-state index contributed by atoms with van der Waals surface area (Å²) in [4.78, 5) is 12.1. The van der Waals surface area contributed by atoms with Gasteiger partial charge in [-0.1, -0.05) is 12.1 Å². The summed E-state index contributed by atoms with van der Waals surface area (Å²) in [5.74, 6) is 0.381. The number of hydrogen-bond donors (Lipinski definition) is 2. The number of hydrogen-bond acceptors (Lipinski definition) is 4. The number of nitrogens with one attached hydrogen (secondary N) is 2. The van der Waals surface area contributed by atoms with E-state index in [0.29, 0.717) is 25.5 Å². The summed E-state index contributed by atoms with van der Waals surface area (Å²) < 4.78 is 17.3. The van der Waals surface area contributed by atoms with Crippen LogP contribution in [0.2, 0.25) is 0 Å². The van der Waals surface area contributed by atoms with Gasteiger partial charge in [0.05, 0.1) is 13.2 Å². The molecule has 1 fully saturated rings. The molecule has 1 aromatic carbocycles. The van der Waals surface area contributed by atoms with Crippen LogP contribution in [0.1, 0.15) is 26.3 Å². The molecule has 0 aliphatic carbocycles. The predicted octanol–water partition coefficient (Wildman–Crippen LogP) is 2.08. The summed E-state index contributed by atoms with van der Waals surface area (Å²) in [7, 11) is -0.959. The lowest BCUT2D eigenvalue weighted by atomic mass is 10.2. The third-order valence-corrected chi connectivity index (χ3v) is 5.37. The molecule has 1 aliphatic heterocycles. The van der Waals surface area contributed by atoms with E-state index in [0.717, 1.165) is 11.3 Å². The lowest BCUT2D eigenvalue weighted by Crippen LogP contribution is -2.48. The van der Waals surface area contributed by atoms with Crippen molar-refractivity contribution < 1.29 is 13.7 Å². The van der Waals surface area contributed by atoms with Crippen LogP contribution in [0.3, 0.4) is 0 Å². The summed E-state index contributed by atoms with van der Waals surface area (Å²) in [5.41, 5.74) is 1.68. The highest BCUT2D eigenvalue weighted by atomic mass is 35.5. The molecule has 1 aliphatic rings. The molecule has 1 aromatic rings. The van der Waals surface area contributed by atoms with Gasteiger partial charge in [0.1, 0.15) is 6.04 Å². The maximum atomic E-state index is 12.2. The molecule has 1 saturated heterocycles. The fourth-order valence-electron chi connectivity index (χ4n) is 2.07. The lowest BCUT2D eigenvalue weighted by molar-refractivity contribution is -0.120. The molecule has 130 valence electrons. The van der Waals surface area contributed by atoms with Crippen molar-refractivity contribution in [3.05, 3.63) is 29.8 Å². The van der Waals surface area contributed by atoms with Gasteiger partial charge >= 0.3 is 0 Å². The van der Waals surface area contributed by atoms with Crippen LogP contribution in [0.25, 0.3) is 0 Å². The van der Waals surface area contributed by atoms with E-state index in [2.05, 4.69) is 10.6 Å². The largest absolute Gasteiger partial charge is 0.378 e. The monoisotopic (exact) mass is 360 g/mol. The van der Waals surface area contributed by atoms with Crippen molar-refractivity contribution in [3.63, 3.8) is 0 Å². The minimum atomic E-state index is -0.959. The van der Waals surface area contributed by atoms with Gasteiger partial charge < -0.3 is 15.4 Å². The second-order valence-corrected chi connectivity index (χ2v) is 8.58. The van der Waals surface area contributed by atoms with Gasteiger partial charge in [0.25, 0.3) is 0 Å². The summed E-state index contributed by atoms with van der Waals surface area (Å²) >= 11 is 0. The third-order valence-electron chi connectivity index (χ3n) is 3.41. The Morgan fingerprint density at radius 2 is 2.17 bits per heavy atom. The Morgan fingerprint density at radius 1 is 1.43 bits per heavy atom. The van der Waals surface area contributed by atoms with Gasteiger partial charge in [-0.3, -0.25) is 9.00 Å². The van der Waals surface area contributed by atoms with Crippen LogP contribution in [0.15, 0.2) is 24.3 Å². The normalized spacial score (nSPS) is 19.5. The molecule has 23 heavy (non-hydrogen) atoms. The zero-order chi connectivity index (χ0) is 16.2. The molecule has 0 aromatic heterocycles. The first kappa shape index (κ1) is 20.1. The summed E-state index contributed by atoms with van der Waals surface area (Å²) in [6.07, 6.45) is 0. The Kier molecular flexibility index (Phi) is 7.67. The predicted molar refractivity (Wildman–Crippen MR) is 96.5 cm³/mol. The van der Waals surface area contributed by atoms with Crippen LogP contribution in [-0.4, -0.2) is 40.7 Å². The van der Waals surface area contributed by atoms with Crippen LogP contribution >= 0.6 is 12.4 Å². The topological polar surface area (TPSA) is 67.4 Å². The standard InChI is InChI=1S/C16H24N2O3S.ClH/c1-16(2,3)22(20)11-12-5-4-6-13(9-12)18-15(19)14-10-21-8-7-17-14;/h4-6,9,14,17H,7-8,10-11H2,1-3H3,(H,18,19);1H. The van der Waals surface area contributed by atoms with Crippen molar-refractivity contribution in [3.8, 4) is 0 Å². The first-order chi connectivity index (χ1) is 10.4. The quantitative estimate of drug-likeness (QED) is 0.862. The van der Waals surface area contributed by atoms with Crippen LogP contribution in [0.4, 0.5) is 5.69 Å². The van der Waals surface area contributed by atoms with E-state index < -0.39 is 10.8 Å². The smallest absolute Gasteiger partial charge is 0.243 e. The number of amides is 1. The van der Waals surface area contributed by atoms with Gasteiger partial charge in [-0.15, -0.1) is 12.4 Å². The maximum absolute atomic E-state index is 12.2. The van der Waals surface area contributed by atoms with E-state index in [1.807, 2.05) is 45.0 Å². The molecule has 5 nitrogen and oxygen atoms in total. The summed E-state index contributed by atoms with van der Waals surface area (Å²) in [5, 5.41) is 6.00. The van der Waals surface area contributed by atoms with E-state index in [1.54, 1.807) is 0 Å². The van der Waals surface area contributed by atoms with Crippen molar-refractivity contribution in [1.29, 1.82) is 0 Å².